The molecule has 0 atom stereocenters. The van der Waals surface area contributed by atoms with Gasteiger partial charge in [0.1, 0.15) is 5.75 Å². The fourth-order valence-corrected chi connectivity index (χ4v) is 1.38. The summed E-state index contributed by atoms with van der Waals surface area (Å²) in [6, 6.07) is 5.70. The van der Waals surface area contributed by atoms with Gasteiger partial charge in [0.25, 0.3) is 0 Å². The number of halogens is 1. The molecule has 0 unspecified atom stereocenters. The summed E-state index contributed by atoms with van der Waals surface area (Å²) >= 11 is 3.26. The highest BCUT2D eigenvalue weighted by atomic mass is 79.9. The predicted molar refractivity (Wildman–Crippen MR) is 49.9 cm³/mol. The summed E-state index contributed by atoms with van der Waals surface area (Å²) in [4.78, 5) is 0. The first-order valence-corrected chi connectivity index (χ1v) is 4.39. The van der Waals surface area contributed by atoms with Gasteiger partial charge in [0.05, 0.1) is 4.47 Å². The van der Waals surface area contributed by atoms with Crippen molar-refractivity contribution < 1.29 is 5.11 Å². The summed E-state index contributed by atoms with van der Waals surface area (Å²) < 4.78 is 0.767. The Balaban J connectivity index is 3.17. The van der Waals surface area contributed by atoms with Crippen LogP contribution in [-0.4, -0.2) is 5.11 Å². The molecule has 11 heavy (non-hydrogen) atoms. The van der Waals surface area contributed by atoms with E-state index in [0.29, 0.717) is 11.7 Å². The van der Waals surface area contributed by atoms with Crippen LogP contribution in [0.15, 0.2) is 22.7 Å². The number of para-hydroxylation sites is 1. The average molecular weight is 215 g/mol. The van der Waals surface area contributed by atoms with Gasteiger partial charge in [-0.15, -0.1) is 0 Å². The van der Waals surface area contributed by atoms with Gasteiger partial charge < -0.3 is 5.11 Å². The maximum absolute atomic E-state index is 9.52. The van der Waals surface area contributed by atoms with Crippen molar-refractivity contribution in [3.8, 4) is 5.75 Å². The Morgan fingerprint density at radius 3 is 2.45 bits per heavy atom. The molecule has 0 radical (unpaired) electrons. The van der Waals surface area contributed by atoms with Crippen molar-refractivity contribution in [2.75, 3.05) is 0 Å². The number of hydrogen-bond donors (Lipinski definition) is 1. The van der Waals surface area contributed by atoms with Crippen molar-refractivity contribution in [2.45, 2.75) is 19.8 Å². The molecule has 1 aromatic carbocycles. The number of aromatic hydroxyl groups is 1. The van der Waals surface area contributed by atoms with Crippen LogP contribution in [0.2, 0.25) is 0 Å². The lowest BCUT2D eigenvalue weighted by Gasteiger charge is -2.08. The minimum Gasteiger partial charge on any atom is -0.506 e. The molecule has 0 aromatic heterocycles. The molecule has 60 valence electrons. The predicted octanol–water partition coefficient (Wildman–Crippen LogP) is 3.28. The van der Waals surface area contributed by atoms with E-state index in [1.165, 1.54) is 0 Å². The number of phenols is 1. The van der Waals surface area contributed by atoms with Gasteiger partial charge in [0.2, 0.25) is 0 Å². The third-order valence-corrected chi connectivity index (χ3v) is 2.28. The van der Waals surface area contributed by atoms with Crippen LogP contribution in [-0.2, 0) is 0 Å². The molecule has 0 aliphatic heterocycles. The number of rotatable bonds is 1. The van der Waals surface area contributed by atoms with Crippen LogP contribution in [0.1, 0.15) is 25.3 Å². The molecule has 0 spiro atoms. The van der Waals surface area contributed by atoms with Crippen molar-refractivity contribution in [3.05, 3.63) is 28.2 Å². The summed E-state index contributed by atoms with van der Waals surface area (Å²) in [6.45, 7) is 4.11. The van der Waals surface area contributed by atoms with Gasteiger partial charge in [-0.2, -0.15) is 0 Å². The van der Waals surface area contributed by atoms with Gasteiger partial charge in [0, 0.05) is 0 Å². The normalized spacial score (nSPS) is 10.5. The maximum Gasteiger partial charge on any atom is 0.133 e. The standard InChI is InChI=1S/C9H11BrO/c1-6(2)7-4-3-5-8(10)9(7)11/h3-6,11H,1-2H3. The third-order valence-electron chi connectivity index (χ3n) is 1.64. The molecule has 0 aliphatic carbocycles. The van der Waals surface area contributed by atoms with E-state index >= 15 is 0 Å². The average Bonchev–Trinajstić information content (AvgIpc) is 1.94. The van der Waals surface area contributed by atoms with Crippen LogP contribution in [0.5, 0.6) is 5.75 Å². The lowest BCUT2D eigenvalue weighted by molar-refractivity contribution is 0.461. The molecule has 0 heterocycles. The zero-order chi connectivity index (χ0) is 8.43. The Morgan fingerprint density at radius 2 is 2.00 bits per heavy atom. The smallest absolute Gasteiger partial charge is 0.133 e. The summed E-state index contributed by atoms with van der Waals surface area (Å²) in [6.07, 6.45) is 0. The summed E-state index contributed by atoms with van der Waals surface area (Å²) in [7, 11) is 0. The van der Waals surface area contributed by atoms with Crippen LogP contribution < -0.4 is 0 Å². The Hall–Kier alpha value is -0.500. The monoisotopic (exact) mass is 214 g/mol. The number of benzene rings is 1. The van der Waals surface area contributed by atoms with Crippen molar-refractivity contribution in [1.29, 1.82) is 0 Å². The van der Waals surface area contributed by atoms with Crippen LogP contribution in [0.25, 0.3) is 0 Å². The molecule has 1 rings (SSSR count). The number of phenolic OH excluding ortho intramolecular Hbond substituents is 1. The quantitative estimate of drug-likeness (QED) is 0.762. The van der Waals surface area contributed by atoms with Crippen LogP contribution in [0.4, 0.5) is 0 Å². The first-order chi connectivity index (χ1) is 5.13. The van der Waals surface area contributed by atoms with Crippen molar-refractivity contribution in [3.63, 3.8) is 0 Å². The van der Waals surface area contributed by atoms with Crippen molar-refractivity contribution in [1.82, 2.24) is 0 Å². The highest BCUT2D eigenvalue weighted by Crippen LogP contribution is 2.31. The van der Waals surface area contributed by atoms with Gasteiger partial charge in [0.15, 0.2) is 0 Å². The molecule has 0 saturated heterocycles. The first kappa shape index (κ1) is 8.60. The largest absolute Gasteiger partial charge is 0.506 e. The Morgan fingerprint density at radius 1 is 1.36 bits per heavy atom. The molecule has 0 bridgehead atoms. The zero-order valence-corrected chi connectivity index (χ0v) is 8.22. The molecule has 0 aliphatic rings. The molecule has 2 heteroatoms. The summed E-state index contributed by atoms with van der Waals surface area (Å²) in [5.74, 6) is 0.731. The van der Waals surface area contributed by atoms with E-state index in [1.807, 2.05) is 18.2 Å². The maximum atomic E-state index is 9.52. The van der Waals surface area contributed by atoms with E-state index in [9.17, 15) is 5.11 Å². The van der Waals surface area contributed by atoms with E-state index in [2.05, 4.69) is 29.8 Å². The SMILES string of the molecule is CC(C)c1cccc(Br)c1O. The lowest BCUT2D eigenvalue weighted by atomic mass is 10.0. The van der Waals surface area contributed by atoms with Crippen LogP contribution in [0, 0.1) is 0 Å². The van der Waals surface area contributed by atoms with Gasteiger partial charge in [-0.05, 0) is 33.5 Å². The van der Waals surface area contributed by atoms with E-state index in [-0.39, 0.29) is 0 Å². The van der Waals surface area contributed by atoms with E-state index in [0.717, 1.165) is 10.0 Å². The van der Waals surface area contributed by atoms with Crippen LogP contribution in [0.3, 0.4) is 0 Å². The van der Waals surface area contributed by atoms with E-state index in [4.69, 9.17) is 0 Å². The van der Waals surface area contributed by atoms with E-state index < -0.39 is 0 Å². The first-order valence-electron chi connectivity index (χ1n) is 3.60. The second-order valence-corrected chi connectivity index (χ2v) is 3.69. The lowest BCUT2D eigenvalue weighted by Crippen LogP contribution is -1.87. The molecule has 0 saturated carbocycles. The third kappa shape index (κ3) is 1.74. The molecular formula is C9H11BrO. The summed E-state index contributed by atoms with van der Waals surface area (Å²) in [5, 5.41) is 9.52. The summed E-state index contributed by atoms with van der Waals surface area (Å²) in [5.41, 5.74) is 0.986. The molecule has 1 aromatic rings. The topological polar surface area (TPSA) is 20.2 Å². The Bertz CT molecular complexity index is 256. The van der Waals surface area contributed by atoms with Gasteiger partial charge in [-0.1, -0.05) is 26.0 Å². The molecule has 1 nitrogen and oxygen atoms in total. The van der Waals surface area contributed by atoms with E-state index in [1.54, 1.807) is 0 Å². The highest BCUT2D eigenvalue weighted by molar-refractivity contribution is 9.10. The molecule has 0 amide bonds. The zero-order valence-electron chi connectivity index (χ0n) is 6.63. The fourth-order valence-electron chi connectivity index (χ4n) is 0.998. The van der Waals surface area contributed by atoms with Gasteiger partial charge in [-0.3, -0.25) is 0 Å². The molecular weight excluding hydrogens is 204 g/mol. The molecule has 0 fully saturated rings. The Labute approximate surface area is 75.2 Å². The second-order valence-electron chi connectivity index (χ2n) is 2.83. The minimum absolute atomic E-state index is 0.363. The van der Waals surface area contributed by atoms with Gasteiger partial charge >= 0.3 is 0 Å². The molecule has 1 N–H and O–H groups in total. The Kier molecular flexibility index (Phi) is 2.55. The number of hydrogen-bond acceptors (Lipinski definition) is 1. The second kappa shape index (κ2) is 3.26. The minimum atomic E-state index is 0.363. The van der Waals surface area contributed by atoms with Gasteiger partial charge in [-0.25, -0.2) is 0 Å². The van der Waals surface area contributed by atoms with Crippen molar-refractivity contribution >= 4 is 15.9 Å². The highest BCUT2D eigenvalue weighted by Gasteiger charge is 2.06. The van der Waals surface area contributed by atoms with Crippen molar-refractivity contribution in [2.24, 2.45) is 0 Å². The fraction of sp³-hybridized carbons (Fsp3) is 0.333. The van der Waals surface area contributed by atoms with Crippen LogP contribution >= 0.6 is 15.9 Å².